The molecule has 2 amide bonds. The minimum absolute atomic E-state index is 0.0293. The molecule has 336 valence electrons. The van der Waals surface area contributed by atoms with Crippen molar-refractivity contribution < 1.29 is 43.6 Å². The van der Waals surface area contributed by atoms with Gasteiger partial charge >= 0.3 is 6.09 Å². The Labute approximate surface area is 359 Å². The Balaban J connectivity index is 1.59. The van der Waals surface area contributed by atoms with Gasteiger partial charge in [0, 0.05) is 57.6 Å². The minimum atomic E-state index is -1.33. The van der Waals surface area contributed by atoms with E-state index in [1.807, 2.05) is 31.0 Å². The van der Waals surface area contributed by atoms with Crippen molar-refractivity contribution in [2.75, 3.05) is 40.0 Å². The van der Waals surface area contributed by atoms with Gasteiger partial charge in [0.2, 0.25) is 18.0 Å². The molecule has 2 aliphatic carbocycles. The number of fused-ring (bicyclic) bond motifs is 2. The molecule has 0 spiro atoms. The molecule has 0 radical (unpaired) electrons. The lowest BCUT2D eigenvalue weighted by molar-refractivity contribution is -0.256. The van der Waals surface area contributed by atoms with E-state index in [-0.39, 0.29) is 43.5 Å². The Kier molecular flexibility index (Phi) is 19.7. The van der Waals surface area contributed by atoms with Crippen LogP contribution in [0.25, 0.3) is 0 Å². The third-order valence-electron chi connectivity index (χ3n) is 12.9. The van der Waals surface area contributed by atoms with Crippen LogP contribution in [0.1, 0.15) is 154 Å². The maximum atomic E-state index is 14.4. The third kappa shape index (κ3) is 12.3. The molecule has 0 aromatic heterocycles. The van der Waals surface area contributed by atoms with E-state index in [2.05, 4.69) is 24.9 Å². The molecule has 2 heterocycles. The second kappa shape index (κ2) is 24.9. The van der Waals surface area contributed by atoms with E-state index in [4.69, 9.17) is 28.9 Å². The van der Waals surface area contributed by atoms with Crippen molar-refractivity contribution in [3.63, 3.8) is 0 Å². The second-order valence-corrected chi connectivity index (χ2v) is 17.2. The number of aliphatic hydroxyl groups is 2. The number of unbranched alkanes of at least 4 members (excludes halogenated alkanes) is 10. The Hall–Kier alpha value is -3.45. The predicted molar refractivity (Wildman–Crippen MR) is 234 cm³/mol. The van der Waals surface area contributed by atoms with Crippen molar-refractivity contribution in [3.05, 3.63) is 48.1 Å². The lowest BCUT2D eigenvalue weighted by Crippen LogP contribution is -2.69. The Morgan fingerprint density at radius 1 is 0.983 bits per heavy atom. The molecule has 2 fully saturated rings. The number of aliphatic hydroxyl groups excluding tert-OH is 2. The SMILES string of the molecule is C=CCO[C@@]12Oc3ccc(OC(=O)NCC)cc3[C@H]3[C@H](CCCCO)[C@@H](CCCCO)C=C(C(=NOC4CCCCO4)C[C@@H]1N(C)C(=O)CCCCCCCCCCC)[C@H]32. The highest BCUT2D eigenvalue weighted by molar-refractivity contribution is 6.03. The number of allylic oxidation sites excluding steroid dienone is 1. The zero-order chi connectivity index (χ0) is 42.7. The van der Waals surface area contributed by atoms with E-state index >= 15 is 0 Å². The van der Waals surface area contributed by atoms with Gasteiger partial charge in [0.25, 0.3) is 0 Å². The maximum absolute atomic E-state index is 14.4. The summed E-state index contributed by atoms with van der Waals surface area (Å²) >= 11 is 0. The highest BCUT2D eigenvalue weighted by atomic mass is 16.8. The molecule has 1 saturated carbocycles. The van der Waals surface area contributed by atoms with E-state index in [9.17, 15) is 19.8 Å². The first-order chi connectivity index (χ1) is 29.3. The molecule has 12 nitrogen and oxygen atoms in total. The molecule has 3 N–H and O–H groups in total. The lowest BCUT2D eigenvalue weighted by atomic mass is 9.55. The van der Waals surface area contributed by atoms with Crippen LogP contribution < -0.4 is 14.8 Å². The van der Waals surface area contributed by atoms with Crippen LogP contribution in [-0.4, -0.2) is 91.0 Å². The van der Waals surface area contributed by atoms with E-state index < -0.39 is 30.1 Å². The summed E-state index contributed by atoms with van der Waals surface area (Å²) in [5.74, 6) is -0.788. The Morgan fingerprint density at radius 3 is 2.40 bits per heavy atom. The highest BCUT2D eigenvalue weighted by Crippen LogP contribution is 2.62. The summed E-state index contributed by atoms with van der Waals surface area (Å²) in [6.07, 6.45) is 21.7. The summed E-state index contributed by atoms with van der Waals surface area (Å²) in [5.41, 5.74) is 2.60. The monoisotopic (exact) mass is 838 g/mol. The standard InChI is InChI=1S/C48H75N3O9/c1-5-8-9-10-11-12-13-14-15-24-43(54)51(4)42-34-40(50-60-44-25-18-21-31-56-44)38-32-35(22-16-19-28-52)37(23-17-20-29-53)45-39-33-36(58-47(55)49-7-3)26-27-41(39)59-48(42,46(38)45)57-30-6-2/h6,26-27,32-33,35,37,42,44-46,52-53H,2,5,7-25,28-31,34H2,1,3-4H3,(H,49,55)/t35-,37+,42-,44?,45+,46+,48+/m0/s1. The quantitative estimate of drug-likeness (QED) is 0.0472. The van der Waals surface area contributed by atoms with Crippen LogP contribution in [0.5, 0.6) is 11.5 Å². The van der Waals surface area contributed by atoms with Crippen molar-refractivity contribution in [1.29, 1.82) is 0 Å². The molecule has 7 atom stereocenters. The van der Waals surface area contributed by atoms with Crippen molar-refractivity contribution >= 4 is 17.7 Å². The third-order valence-corrected chi connectivity index (χ3v) is 12.9. The number of amides is 2. The second-order valence-electron chi connectivity index (χ2n) is 17.2. The van der Waals surface area contributed by atoms with Gasteiger partial charge < -0.3 is 44.2 Å². The van der Waals surface area contributed by atoms with Gasteiger partial charge in [0.15, 0.2) is 0 Å². The summed E-state index contributed by atoms with van der Waals surface area (Å²) in [6, 6.07) is 4.95. The summed E-state index contributed by atoms with van der Waals surface area (Å²) in [6.45, 7) is 9.56. The molecule has 1 aromatic rings. The van der Waals surface area contributed by atoms with Gasteiger partial charge in [-0.25, -0.2) is 4.79 Å². The lowest BCUT2D eigenvalue weighted by Gasteiger charge is -2.59. The van der Waals surface area contributed by atoms with E-state index in [0.717, 1.165) is 81.1 Å². The van der Waals surface area contributed by atoms with E-state index in [1.165, 1.54) is 38.5 Å². The molecule has 4 aliphatic rings. The molecule has 5 rings (SSSR count). The number of carbonyl (C=O) groups is 2. The zero-order valence-electron chi connectivity index (χ0n) is 36.9. The molecular formula is C48H75N3O9. The predicted octanol–water partition coefficient (Wildman–Crippen LogP) is 9.33. The number of nitrogens with zero attached hydrogens (tertiary/aromatic N) is 2. The average molecular weight is 838 g/mol. The largest absolute Gasteiger partial charge is 0.459 e. The topological polar surface area (TPSA) is 148 Å². The Bertz CT molecular complexity index is 1560. The van der Waals surface area contributed by atoms with Crippen molar-refractivity contribution in [2.24, 2.45) is 22.9 Å². The van der Waals surface area contributed by atoms with E-state index in [1.54, 1.807) is 12.1 Å². The van der Waals surface area contributed by atoms with Gasteiger partial charge in [-0.15, -0.1) is 6.58 Å². The van der Waals surface area contributed by atoms with Gasteiger partial charge in [0.1, 0.15) is 17.5 Å². The molecule has 1 saturated heterocycles. The number of oxime groups is 1. The first-order valence-corrected chi connectivity index (χ1v) is 23.4. The maximum Gasteiger partial charge on any atom is 0.412 e. The van der Waals surface area contributed by atoms with Crippen LogP contribution in [0.3, 0.4) is 0 Å². The van der Waals surface area contributed by atoms with E-state index in [0.29, 0.717) is 50.3 Å². The van der Waals surface area contributed by atoms with Gasteiger partial charge in [-0.3, -0.25) is 4.79 Å². The number of hydrogen-bond acceptors (Lipinski definition) is 10. The van der Waals surface area contributed by atoms with Gasteiger partial charge in [-0.2, -0.15) is 0 Å². The van der Waals surface area contributed by atoms with Crippen molar-refractivity contribution in [3.8, 4) is 11.5 Å². The molecule has 12 heteroatoms. The number of carbonyl (C=O) groups excluding carboxylic acids is 2. The summed E-state index contributed by atoms with van der Waals surface area (Å²) < 4.78 is 26.0. The fourth-order valence-electron chi connectivity index (χ4n) is 9.93. The summed E-state index contributed by atoms with van der Waals surface area (Å²) in [7, 11) is 1.87. The molecule has 0 bridgehead atoms. The number of ether oxygens (including phenoxy) is 4. The number of rotatable bonds is 26. The van der Waals surface area contributed by atoms with Crippen LogP contribution in [0.4, 0.5) is 4.79 Å². The van der Waals surface area contributed by atoms with Gasteiger partial charge in [-0.05, 0) is 87.5 Å². The normalized spacial score (nSPS) is 26.3. The van der Waals surface area contributed by atoms with Crippen molar-refractivity contribution in [1.82, 2.24) is 10.2 Å². The highest BCUT2D eigenvalue weighted by Gasteiger charge is 2.65. The number of likely N-dealkylation sites (N-methyl/N-ethyl adjacent to an activating group) is 1. The van der Waals surface area contributed by atoms with Crippen LogP contribution in [0.2, 0.25) is 0 Å². The number of nitrogens with one attached hydrogen (secondary N) is 1. The minimum Gasteiger partial charge on any atom is -0.459 e. The first kappa shape index (κ1) is 47.6. The zero-order valence-corrected chi connectivity index (χ0v) is 36.9. The molecule has 1 unspecified atom stereocenters. The Morgan fingerprint density at radius 2 is 1.72 bits per heavy atom. The first-order valence-electron chi connectivity index (χ1n) is 23.4. The fraction of sp³-hybridized carbons (Fsp3) is 0.729. The van der Waals surface area contributed by atoms with Crippen LogP contribution >= 0.6 is 0 Å². The number of benzene rings is 1. The molecule has 1 aromatic carbocycles. The number of hydrogen-bond donors (Lipinski definition) is 3. The van der Waals surface area contributed by atoms with Crippen molar-refractivity contribution in [2.45, 2.75) is 166 Å². The average Bonchev–Trinajstić information content (AvgIpc) is 3.25. The molecular weight excluding hydrogens is 763 g/mol. The van der Waals surface area contributed by atoms with Crippen LogP contribution in [0.15, 0.2) is 47.7 Å². The molecule has 60 heavy (non-hydrogen) atoms. The smallest absolute Gasteiger partial charge is 0.412 e. The molecule has 2 aliphatic heterocycles. The summed E-state index contributed by atoms with van der Waals surface area (Å²) in [4.78, 5) is 35.1. The van der Waals surface area contributed by atoms with Gasteiger partial charge in [0.05, 0.1) is 24.8 Å². The van der Waals surface area contributed by atoms with Gasteiger partial charge in [-0.1, -0.05) is 88.4 Å². The van der Waals surface area contributed by atoms with Crippen LogP contribution in [0, 0.1) is 17.8 Å². The fourth-order valence-corrected chi connectivity index (χ4v) is 9.93. The van der Waals surface area contributed by atoms with Crippen LogP contribution in [-0.2, 0) is 19.1 Å². The summed E-state index contributed by atoms with van der Waals surface area (Å²) in [5, 5.41) is 27.4.